The van der Waals surface area contributed by atoms with Gasteiger partial charge in [0.1, 0.15) is 0 Å². The molecule has 0 atom stereocenters. The maximum atomic E-state index is 13.3. The topological polar surface area (TPSA) is 87.5 Å². The molecular weight excluding hydrogens is 462 g/mol. The molecule has 1 N–H and O–H groups in total. The van der Waals surface area contributed by atoms with Crippen molar-refractivity contribution in [1.82, 2.24) is 19.0 Å². The second-order valence-electron chi connectivity index (χ2n) is 9.25. The van der Waals surface area contributed by atoms with E-state index in [1.807, 2.05) is 86.7 Å². The zero-order valence-corrected chi connectivity index (χ0v) is 21.8. The third-order valence-corrected chi connectivity index (χ3v) is 8.66. The fourth-order valence-electron chi connectivity index (χ4n) is 4.86. The normalized spacial score (nSPS) is 15.3. The van der Waals surface area contributed by atoms with Gasteiger partial charge in [0.05, 0.1) is 34.2 Å². The Morgan fingerprint density at radius 2 is 1.54 bits per heavy atom. The van der Waals surface area contributed by atoms with Crippen LogP contribution in [0, 0.1) is 34.6 Å². The van der Waals surface area contributed by atoms with E-state index < -0.39 is 10.0 Å². The summed E-state index contributed by atoms with van der Waals surface area (Å²) < 4.78 is 30.0. The molecule has 2 aromatic carbocycles. The van der Waals surface area contributed by atoms with Crippen LogP contribution < -0.4 is 5.32 Å². The molecule has 0 radical (unpaired) electrons. The first-order valence-electron chi connectivity index (χ1n) is 11.8. The van der Waals surface area contributed by atoms with E-state index in [1.54, 1.807) is 0 Å². The van der Waals surface area contributed by atoms with Gasteiger partial charge in [-0.25, -0.2) is 13.1 Å². The molecule has 8 nitrogen and oxygen atoms in total. The van der Waals surface area contributed by atoms with Gasteiger partial charge in [-0.2, -0.15) is 9.40 Å². The van der Waals surface area contributed by atoms with Gasteiger partial charge in [0, 0.05) is 26.2 Å². The van der Waals surface area contributed by atoms with Gasteiger partial charge in [0.2, 0.25) is 15.9 Å². The van der Waals surface area contributed by atoms with Crippen LogP contribution in [0.2, 0.25) is 0 Å². The SMILES string of the molecule is Cc1cc(C)c(S(=O)(=O)N2CCN(CC(=O)Nc3c(C)nn(-c4ccccc4)c3C)CC2)c(C)c1. The van der Waals surface area contributed by atoms with E-state index in [9.17, 15) is 13.2 Å². The summed E-state index contributed by atoms with van der Waals surface area (Å²) in [6.45, 7) is 11.4. The maximum absolute atomic E-state index is 13.3. The van der Waals surface area contributed by atoms with Crippen LogP contribution >= 0.6 is 0 Å². The van der Waals surface area contributed by atoms with Gasteiger partial charge in [-0.05, 0) is 57.9 Å². The molecule has 1 aliphatic heterocycles. The molecule has 4 rings (SSSR count). The van der Waals surface area contributed by atoms with Crippen molar-refractivity contribution in [1.29, 1.82) is 0 Å². The number of piperazine rings is 1. The van der Waals surface area contributed by atoms with E-state index in [0.29, 0.717) is 36.8 Å². The molecule has 35 heavy (non-hydrogen) atoms. The number of carbonyl (C=O) groups excluding carboxylic acids is 1. The molecule has 1 fully saturated rings. The summed E-state index contributed by atoms with van der Waals surface area (Å²) in [5, 5.41) is 7.59. The molecule has 0 bridgehead atoms. The fourth-order valence-corrected chi connectivity index (χ4v) is 6.69. The van der Waals surface area contributed by atoms with Gasteiger partial charge in [-0.15, -0.1) is 0 Å². The van der Waals surface area contributed by atoms with Crippen molar-refractivity contribution < 1.29 is 13.2 Å². The third kappa shape index (κ3) is 5.17. The number of aryl methyl sites for hydroxylation is 4. The Hall–Kier alpha value is -3.01. The number of anilines is 1. The van der Waals surface area contributed by atoms with Crippen molar-refractivity contribution in [3.63, 3.8) is 0 Å². The zero-order chi connectivity index (χ0) is 25.3. The Kier molecular flexibility index (Phi) is 7.12. The molecule has 1 saturated heterocycles. The van der Waals surface area contributed by atoms with Gasteiger partial charge in [0.15, 0.2) is 0 Å². The number of hydrogen-bond donors (Lipinski definition) is 1. The summed E-state index contributed by atoms with van der Waals surface area (Å²) in [7, 11) is -3.58. The number of rotatable bonds is 6. The van der Waals surface area contributed by atoms with Crippen LogP contribution in [0.3, 0.4) is 0 Å². The Morgan fingerprint density at radius 1 is 0.943 bits per heavy atom. The van der Waals surface area contributed by atoms with Crippen LogP contribution in [0.1, 0.15) is 28.1 Å². The average molecular weight is 496 g/mol. The minimum atomic E-state index is -3.58. The van der Waals surface area contributed by atoms with Crippen LogP contribution in [0.25, 0.3) is 5.69 Å². The fraction of sp³-hybridized carbons (Fsp3) is 0.385. The van der Waals surface area contributed by atoms with Gasteiger partial charge in [-0.3, -0.25) is 9.69 Å². The maximum Gasteiger partial charge on any atom is 0.243 e. The second kappa shape index (κ2) is 9.93. The van der Waals surface area contributed by atoms with Crippen molar-refractivity contribution in [2.75, 3.05) is 38.0 Å². The summed E-state index contributed by atoms with van der Waals surface area (Å²) >= 11 is 0. The molecule has 3 aromatic rings. The van der Waals surface area contributed by atoms with Crippen molar-refractivity contribution in [2.45, 2.75) is 39.5 Å². The molecule has 1 aromatic heterocycles. The first-order chi connectivity index (χ1) is 16.6. The van der Waals surface area contributed by atoms with Crippen LogP contribution in [0.15, 0.2) is 47.4 Å². The molecule has 1 amide bonds. The van der Waals surface area contributed by atoms with E-state index in [1.165, 1.54) is 4.31 Å². The van der Waals surface area contributed by atoms with E-state index in [2.05, 4.69) is 10.4 Å². The standard InChI is InChI=1S/C26H33N5O3S/c1-18-15-19(2)26(20(3)16-18)35(33,34)30-13-11-29(12-14-30)17-24(32)27-25-21(4)28-31(22(25)5)23-9-7-6-8-10-23/h6-10,15-16H,11-14,17H2,1-5H3,(H,27,32). The van der Waals surface area contributed by atoms with Crippen molar-refractivity contribution in [3.05, 3.63) is 70.5 Å². The van der Waals surface area contributed by atoms with Crippen LogP contribution in [0.4, 0.5) is 5.69 Å². The summed E-state index contributed by atoms with van der Waals surface area (Å²) in [6.07, 6.45) is 0. The molecule has 0 aliphatic carbocycles. The summed E-state index contributed by atoms with van der Waals surface area (Å²) in [5.74, 6) is -0.134. The average Bonchev–Trinajstić information content (AvgIpc) is 3.07. The summed E-state index contributed by atoms with van der Waals surface area (Å²) in [5.41, 5.74) is 5.85. The lowest BCUT2D eigenvalue weighted by Gasteiger charge is -2.34. The van der Waals surface area contributed by atoms with E-state index in [4.69, 9.17) is 0 Å². The number of sulfonamides is 1. The number of amides is 1. The highest BCUT2D eigenvalue weighted by molar-refractivity contribution is 7.89. The summed E-state index contributed by atoms with van der Waals surface area (Å²) in [6, 6.07) is 13.6. The highest BCUT2D eigenvalue weighted by Crippen LogP contribution is 2.26. The largest absolute Gasteiger partial charge is 0.322 e. The van der Waals surface area contributed by atoms with Crippen LogP contribution in [-0.2, 0) is 14.8 Å². The molecule has 186 valence electrons. The quantitative estimate of drug-likeness (QED) is 0.567. The van der Waals surface area contributed by atoms with Gasteiger partial charge in [0.25, 0.3) is 0 Å². The lowest BCUT2D eigenvalue weighted by molar-refractivity contribution is -0.117. The molecule has 9 heteroatoms. The number of carbonyl (C=O) groups is 1. The monoisotopic (exact) mass is 495 g/mol. The van der Waals surface area contributed by atoms with Gasteiger partial charge >= 0.3 is 0 Å². The lowest BCUT2D eigenvalue weighted by atomic mass is 10.1. The number of para-hydroxylation sites is 1. The Labute approximate surface area is 207 Å². The van der Waals surface area contributed by atoms with Crippen LogP contribution in [0.5, 0.6) is 0 Å². The van der Waals surface area contributed by atoms with Gasteiger partial charge in [-0.1, -0.05) is 35.9 Å². The zero-order valence-electron chi connectivity index (χ0n) is 21.0. The molecule has 1 aliphatic rings. The van der Waals surface area contributed by atoms with E-state index >= 15 is 0 Å². The minimum Gasteiger partial charge on any atom is -0.322 e. The third-order valence-electron chi connectivity index (χ3n) is 6.46. The first-order valence-corrected chi connectivity index (χ1v) is 13.2. The van der Waals surface area contributed by atoms with Crippen molar-refractivity contribution >= 4 is 21.6 Å². The highest BCUT2D eigenvalue weighted by atomic mass is 32.2. The number of nitrogens with zero attached hydrogens (tertiary/aromatic N) is 4. The number of nitrogens with one attached hydrogen (secondary N) is 1. The number of aromatic nitrogens is 2. The Morgan fingerprint density at radius 3 is 2.14 bits per heavy atom. The number of hydrogen-bond acceptors (Lipinski definition) is 5. The second-order valence-corrected chi connectivity index (χ2v) is 11.1. The lowest BCUT2D eigenvalue weighted by Crippen LogP contribution is -2.50. The predicted molar refractivity (Wildman–Crippen MR) is 138 cm³/mol. The van der Waals surface area contributed by atoms with Crippen LogP contribution in [-0.4, -0.2) is 66.0 Å². The predicted octanol–water partition coefficient (Wildman–Crippen LogP) is 3.36. The van der Waals surface area contributed by atoms with E-state index in [0.717, 1.165) is 33.8 Å². The molecule has 0 spiro atoms. The van der Waals surface area contributed by atoms with Crippen molar-refractivity contribution in [3.8, 4) is 5.69 Å². The Bertz CT molecular complexity index is 1320. The molecule has 0 saturated carbocycles. The van der Waals surface area contributed by atoms with Gasteiger partial charge < -0.3 is 5.32 Å². The summed E-state index contributed by atoms with van der Waals surface area (Å²) in [4.78, 5) is 15.2. The Balaban J connectivity index is 1.39. The molecule has 0 unspecified atom stereocenters. The first kappa shape index (κ1) is 25.1. The smallest absolute Gasteiger partial charge is 0.243 e. The van der Waals surface area contributed by atoms with E-state index in [-0.39, 0.29) is 12.5 Å². The van der Waals surface area contributed by atoms with Crippen molar-refractivity contribution in [2.24, 2.45) is 0 Å². The minimum absolute atomic E-state index is 0.134. The molecular formula is C26H33N5O3S. The number of benzene rings is 2. The molecule has 2 heterocycles. The highest BCUT2D eigenvalue weighted by Gasteiger charge is 2.31.